The van der Waals surface area contributed by atoms with Crippen LogP contribution in [0, 0.1) is 11.6 Å². The number of halogens is 2. The fraction of sp³-hybridized carbons (Fsp3) is 0.333. The van der Waals surface area contributed by atoms with Crippen LogP contribution >= 0.6 is 11.3 Å². The number of nitrogens with one attached hydrogen (secondary N) is 2. The summed E-state index contributed by atoms with van der Waals surface area (Å²) in [6.07, 6.45) is 0.989. The third-order valence-corrected chi connectivity index (χ3v) is 4.36. The maximum absolute atomic E-state index is 13.9. The molecule has 126 valence electrons. The van der Waals surface area contributed by atoms with Gasteiger partial charge in [0, 0.05) is 18.4 Å². The van der Waals surface area contributed by atoms with Gasteiger partial charge in [0.1, 0.15) is 17.1 Å². The predicted molar refractivity (Wildman–Crippen MR) is 83.2 cm³/mol. The second-order valence-electron chi connectivity index (χ2n) is 5.55. The van der Waals surface area contributed by atoms with Gasteiger partial charge in [-0.2, -0.15) is 0 Å². The fourth-order valence-electron chi connectivity index (χ4n) is 2.42. The van der Waals surface area contributed by atoms with Crippen molar-refractivity contribution in [3.05, 3.63) is 40.9 Å². The number of hydrogen-bond acceptors (Lipinski definition) is 5. The number of carbonyl (C=O) groups excluding carboxylic acids is 2. The summed E-state index contributed by atoms with van der Waals surface area (Å²) in [6, 6.07) is 3.19. The minimum Gasteiger partial charge on any atom is -0.346 e. The number of benzene rings is 1. The summed E-state index contributed by atoms with van der Waals surface area (Å²) in [4.78, 5) is 23.7. The van der Waals surface area contributed by atoms with Crippen molar-refractivity contribution >= 4 is 28.3 Å². The second kappa shape index (κ2) is 6.60. The van der Waals surface area contributed by atoms with E-state index in [1.807, 2.05) is 0 Å². The number of nitrogens with zero attached hydrogens (tertiary/aromatic N) is 2. The highest BCUT2D eigenvalue weighted by Gasteiger charge is 2.47. The van der Waals surface area contributed by atoms with Crippen LogP contribution < -0.4 is 10.6 Å². The molecule has 0 bridgehead atoms. The molecule has 0 radical (unpaired) electrons. The Morgan fingerprint density at radius 2 is 1.96 bits per heavy atom. The van der Waals surface area contributed by atoms with Gasteiger partial charge in [-0.15, -0.1) is 10.2 Å². The van der Waals surface area contributed by atoms with Crippen molar-refractivity contribution in [3.63, 3.8) is 0 Å². The smallest absolute Gasteiger partial charge is 0.226 e. The Labute approximate surface area is 140 Å². The van der Waals surface area contributed by atoms with Crippen LogP contribution in [0.3, 0.4) is 0 Å². The van der Waals surface area contributed by atoms with E-state index in [0.29, 0.717) is 18.0 Å². The van der Waals surface area contributed by atoms with Gasteiger partial charge in [0.25, 0.3) is 0 Å². The molecule has 0 saturated heterocycles. The van der Waals surface area contributed by atoms with Crippen LogP contribution in [0.1, 0.15) is 31.2 Å². The highest BCUT2D eigenvalue weighted by molar-refractivity contribution is 7.13. The molecule has 0 unspecified atom stereocenters. The van der Waals surface area contributed by atoms with E-state index in [-0.39, 0.29) is 30.2 Å². The standard InChI is InChI=1S/C15H14F2N4O2S/c16-9-1-2-11(17)10(7-9)15(5-6-15)20-13(23)4-3-12(22)19-14-21-18-8-24-14/h1-2,7-8H,3-6H2,(H,20,23)(H,19,21,22). The summed E-state index contributed by atoms with van der Waals surface area (Å²) in [5.74, 6) is -1.85. The minimum atomic E-state index is -0.862. The number of hydrogen-bond donors (Lipinski definition) is 2. The first-order chi connectivity index (χ1) is 11.5. The number of rotatable bonds is 6. The zero-order valence-corrected chi connectivity index (χ0v) is 13.3. The Bertz CT molecular complexity index is 763. The molecular formula is C15H14F2N4O2S. The Kier molecular flexibility index (Phi) is 4.52. The first-order valence-electron chi connectivity index (χ1n) is 7.31. The molecule has 24 heavy (non-hydrogen) atoms. The zero-order chi connectivity index (χ0) is 17.2. The molecule has 2 amide bonds. The van der Waals surface area contributed by atoms with Crippen LogP contribution in [0.2, 0.25) is 0 Å². The molecule has 1 aromatic heterocycles. The molecule has 2 aromatic rings. The van der Waals surface area contributed by atoms with Gasteiger partial charge >= 0.3 is 0 Å². The Morgan fingerprint density at radius 1 is 1.21 bits per heavy atom. The maximum atomic E-state index is 13.9. The number of amides is 2. The number of carbonyl (C=O) groups is 2. The van der Waals surface area contributed by atoms with Crippen molar-refractivity contribution in [3.8, 4) is 0 Å². The summed E-state index contributed by atoms with van der Waals surface area (Å²) in [6.45, 7) is 0. The summed E-state index contributed by atoms with van der Waals surface area (Å²) in [5, 5.41) is 12.9. The molecule has 1 heterocycles. The molecule has 0 atom stereocenters. The first kappa shape index (κ1) is 16.4. The van der Waals surface area contributed by atoms with Crippen LogP contribution in [-0.2, 0) is 15.1 Å². The third-order valence-electron chi connectivity index (χ3n) is 3.76. The quantitative estimate of drug-likeness (QED) is 0.836. The molecule has 0 aliphatic heterocycles. The van der Waals surface area contributed by atoms with Crippen molar-refractivity contribution in [2.75, 3.05) is 5.32 Å². The van der Waals surface area contributed by atoms with Crippen molar-refractivity contribution < 1.29 is 18.4 Å². The normalized spacial score (nSPS) is 14.9. The molecule has 3 rings (SSSR count). The fourth-order valence-corrected chi connectivity index (χ4v) is 2.88. The minimum absolute atomic E-state index is 0.0346. The monoisotopic (exact) mass is 352 g/mol. The van der Waals surface area contributed by atoms with Gasteiger partial charge in [0.2, 0.25) is 16.9 Å². The van der Waals surface area contributed by atoms with Gasteiger partial charge < -0.3 is 10.6 Å². The zero-order valence-electron chi connectivity index (χ0n) is 12.5. The molecule has 1 aliphatic carbocycles. The topological polar surface area (TPSA) is 84.0 Å². The lowest BCUT2D eigenvalue weighted by atomic mass is 10.0. The Hall–Kier alpha value is -2.42. The van der Waals surface area contributed by atoms with E-state index in [9.17, 15) is 18.4 Å². The first-order valence-corrected chi connectivity index (χ1v) is 8.19. The lowest BCUT2D eigenvalue weighted by molar-refractivity contribution is -0.125. The highest BCUT2D eigenvalue weighted by atomic mass is 32.1. The van der Waals surface area contributed by atoms with Gasteiger partial charge in [-0.3, -0.25) is 9.59 Å². The van der Waals surface area contributed by atoms with Gasteiger partial charge in [-0.25, -0.2) is 8.78 Å². The van der Waals surface area contributed by atoms with Crippen LogP contribution in [0.4, 0.5) is 13.9 Å². The Balaban J connectivity index is 1.55. The predicted octanol–water partition coefficient (Wildman–Crippen LogP) is 2.34. The summed E-state index contributed by atoms with van der Waals surface area (Å²) in [7, 11) is 0. The van der Waals surface area contributed by atoms with Crippen LogP contribution in [0.25, 0.3) is 0 Å². The molecular weight excluding hydrogens is 338 g/mol. The van der Waals surface area contributed by atoms with E-state index in [1.165, 1.54) is 16.8 Å². The van der Waals surface area contributed by atoms with Crippen molar-refractivity contribution in [1.29, 1.82) is 0 Å². The van der Waals surface area contributed by atoms with E-state index in [0.717, 1.165) is 18.2 Å². The van der Waals surface area contributed by atoms with E-state index in [2.05, 4.69) is 20.8 Å². The van der Waals surface area contributed by atoms with Crippen molar-refractivity contribution in [2.24, 2.45) is 0 Å². The largest absolute Gasteiger partial charge is 0.346 e. The number of anilines is 1. The van der Waals surface area contributed by atoms with E-state index in [4.69, 9.17) is 0 Å². The average molecular weight is 352 g/mol. The Morgan fingerprint density at radius 3 is 2.62 bits per heavy atom. The van der Waals surface area contributed by atoms with Gasteiger partial charge in [-0.1, -0.05) is 11.3 Å². The SMILES string of the molecule is O=C(CCC(=O)NC1(c2cc(F)ccc2F)CC1)Nc1nncs1. The summed E-state index contributed by atoms with van der Waals surface area (Å²) < 4.78 is 27.2. The van der Waals surface area contributed by atoms with E-state index >= 15 is 0 Å². The van der Waals surface area contributed by atoms with Crippen molar-refractivity contribution in [2.45, 2.75) is 31.2 Å². The molecule has 0 spiro atoms. The molecule has 2 N–H and O–H groups in total. The van der Waals surface area contributed by atoms with E-state index < -0.39 is 17.2 Å². The second-order valence-corrected chi connectivity index (χ2v) is 6.38. The lowest BCUT2D eigenvalue weighted by Crippen LogP contribution is -2.36. The average Bonchev–Trinajstić information content (AvgIpc) is 3.13. The van der Waals surface area contributed by atoms with Crippen LogP contribution in [0.15, 0.2) is 23.7 Å². The van der Waals surface area contributed by atoms with Crippen LogP contribution in [-0.4, -0.2) is 22.0 Å². The molecule has 1 aromatic carbocycles. The van der Waals surface area contributed by atoms with Crippen LogP contribution in [0.5, 0.6) is 0 Å². The van der Waals surface area contributed by atoms with E-state index in [1.54, 1.807) is 0 Å². The van der Waals surface area contributed by atoms with Crippen molar-refractivity contribution in [1.82, 2.24) is 15.5 Å². The molecule has 1 aliphatic rings. The summed E-state index contributed by atoms with van der Waals surface area (Å²) >= 11 is 1.17. The molecule has 9 heteroatoms. The molecule has 1 saturated carbocycles. The highest BCUT2D eigenvalue weighted by Crippen LogP contribution is 2.46. The molecule has 1 fully saturated rings. The van der Waals surface area contributed by atoms with Gasteiger partial charge in [0.05, 0.1) is 5.54 Å². The third kappa shape index (κ3) is 3.73. The number of aromatic nitrogens is 2. The maximum Gasteiger partial charge on any atom is 0.226 e. The lowest BCUT2D eigenvalue weighted by Gasteiger charge is -2.18. The molecule has 6 nitrogen and oxygen atoms in total. The van der Waals surface area contributed by atoms with Gasteiger partial charge in [-0.05, 0) is 31.0 Å². The van der Waals surface area contributed by atoms with Gasteiger partial charge in [0.15, 0.2) is 0 Å². The summed E-state index contributed by atoms with van der Waals surface area (Å²) in [5.41, 5.74) is 0.764.